The Labute approximate surface area is 156 Å². The molecule has 1 aromatic heterocycles. The van der Waals surface area contributed by atoms with Gasteiger partial charge in [-0.05, 0) is 24.3 Å². The number of piperazine rings is 1. The van der Waals surface area contributed by atoms with Gasteiger partial charge in [-0.3, -0.25) is 19.4 Å². The van der Waals surface area contributed by atoms with Crippen molar-refractivity contribution in [2.24, 2.45) is 11.8 Å². The second kappa shape index (κ2) is 6.88. The quantitative estimate of drug-likeness (QED) is 0.561. The van der Waals surface area contributed by atoms with Gasteiger partial charge in [0.25, 0.3) is 10.0 Å². The molecule has 1 aromatic rings. The Balaban J connectivity index is 1.37. The third-order valence-corrected chi connectivity index (χ3v) is 8.63. The first-order valence-corrected chi connectivity index (χ1v) is 11.1. The van der Waals surface area contributed by atoms with Crippen molar-refractivity contribution in [1.82, 2.24) is 14.1 Å². The number of rotatable bonds is 4. The first-order valence-electron chi connectivity index (χ1n) is 8.75. The molecule has 140 valence electrons. The molecule has 7 nitrogen and oxygen atoms in total. The summed E-state index contributed by atoms with van der Waals surface area (Å²) in [5, 5.41) is 1.75. The van der Waals surface area contributed by atoms with Gasteiger partial charge in [0.15, 0.2) is 0 Å². The molecule has 0 N–H and O–H groups in total. The molecule has 2 fully saturated rings. The predicted molar refractivity (Wildman–Crippen MR) is 96.7 cm³/mol. The number of hydrogen-bond donors (Lipinski definition) is 0. The fourth-order valence-corrected chi connectivity index (χ4v) is 6.42. The summed E-state index contributed by atoms with van der Waals surface area (Å²) in [5.41, 5.74) is 0. The normalized spacial score (nSPS) is 27.9. The van der Waals surface area contributed by atoms with Crippen molar-refractivity contribution in [2.75, 3.05) is 32.8 Å². The van der Waals surface area contributed by atoms with Crippen molar-refractivity contribution in [3.05, 3.63) is 29.7 Å². The standard InChI is InChI=1S/C17H21N3O4S2/c21-16-13-4-1-2-5-14(13)17(22)20(16)12-18-7-9-19(10-8-18)26(23,24)15-6-3-11-25-15/h1-3,6,11,13-14H,4-5,7-10,12H2/t13-,14-/m0/s1. The number of nitrogens with zero attached hydrogens (tertiary/aromatic N) is 3. The van der Waals surface area contributed by atoms with E-state index in [1.165, 1.54) is 20.5 Å². The highest BCUT2D eigenvalue weighted by molar-refractivity contribution is 7.91. The zero-order valence-electron chi connectivity index (χ0n) is 14.3. The molecule has 0 bridgehead atoms. The van der Waals surface area contributed by atoms with E-state index in [1.54, 1.807) is 17.5 Å². The third-order valence-electron chi connectivity index (χ3n) is 5.36. The second-order valence-electron chi connectivity index (χ2n) is 6.86. The summed E-state index contributed by atoms with van der Waals surface area (Å²) in [6.07, 6.45) is 5.23. The zero-order chi connectivity index (χ0) is 18.3. The first kappa shape index (κ1) is 17.8. The number of amides is 2. The van der Waals surface area contributed by atoms with Gasteiger partial charge in [-0.25, -0.2) is 8.42 Å². The van der Waals surface area contributed by atoms with Crippen LogP contribution in [0.4, 0.5) is 0 Å². The average molecular weight is 396 g/mol. The molecule has 0 spiro atoms. The van der Waals surface area contributed by atoms with Crippen molar-refractivity contribution < 1.29 is 18.0 Å². The molecule has 26 heavy (non-hydrogen) atoms. The van der Waals surface area contributed by atoms with Crippen LogP contribution in [0.25, 0.3) is 0 Å². The monoisotopic (exact) mass is 395 g/mol. The van der Waals surface area contributed by atoms with E-state index in [1.807, 2.05) is 17.1 Å². The van der Waals surface area contributed by atoms with Gasteiger partial charge >= 0.3 is 0 Å². The lowest BCUT2D eigenvalue weighted by Gasteiger charge is -2.35. The van der Waals surface area contributed by atoms with Crippen molar-refractivity contribution in [3.8, 4) is 0 Å². The van der Waals surface area contributed by atoms with Crippen LogP contribution in [0, 0.1) is 11.8 Å². The highest BCUT2D eigenvalue weighted by Gasteiger charge is 2.47. The number of allylic oxidation sites excluding steroid dienone is 2. The van der Waals surface area contributed by atoms with Crippen LogP contribution in [0.15, 0.2) is 33.9 Å². The van der Waals surface area contributed by atoms with Crippen molar-refractivity contribution in [2.45, 2.75) is 17.1 Å². The topological polar surface area (TPSA) is 78.0 Å². The molecule has 2 saturated heterocycles. The number of carbonyl (C=O) groups excluding carboxylic acids is 2. The van der Waals surface area contributed by atoms with Crippen LogP contribution in [-0.2, 0) is 19.6 Å². The summed E-state index contributed by atoms with van der Waals surface area (Å²) >= 11 is 1.22. The first-order chi connectivity index (χ1) is 12.5. The zero-order valence-corrected chi connectivity index (χ0v) is 15.9. The van der Waals surface area contributed by atoms with Crippen LogP contribution >= 0.6 is 11.3 Å². The number of sulfonamides is 1. The number of fused-ring (bicyclic) bond motifs is 1. The Morgan fingerprint density at radius 2 is 1.62 bits per heavy atom. The van der Waals surface area contributed by atoms with Gasteiger partial charge in [0, 0.05) is 26.2 Å². The highest BCUT2D eigenvalue weighted by atomic mass is 32.2. The summed E-state index contributed by atoms with van der Waals surface area (Å²) < 4.78 is 27.0. The fraction of sp³-hybridized carbons (Fsp3) is 0.529. The molecule has 9 heteroatoms. The summed E-state index contributed by atoms with van der Waals surface area (Å²) in [4.78, 5) is 28.4. The maximum Gasteiger partial charge on any atom is 0.252 e. The number of thiophene rings is 1. The minimum absolute atomic E-state index is 0.0852. The van der Waals surface area contributed by atoms with Crippen LogP contribution in [0.5, 0.6) is 0 Å². The Bertz CT molecular complexity index is 800. The second-order valence-corrected chi connectivity index (χ2v) is 9.97. The average Bonchev–Trinajstić information content (AvgIpc) is 3.27. The summed E-state index contributed by atoms with van der Waals surface area (Å²) in [6, 6.07) is 3.34. The van der Waals surface area contributed by atoms with E-state index in [4.69, 9.17) is 0 Å². The Morgan fingerprint density at radius 1 is 1.00 bits per heavy atom. The minimum Gasteiger partial charge on any atom is -0.283 e. The van der Waals surface area contributed by atoms with Crippen molar-refractivity contribution in [1.29, 1.82) is 0 Å². The van der Waals surface area contributed by atoms with E-state index in [9.17, 15) is 18.0 Å². The molecule has 2 aliphatic heterocycles. The number of imide groups is 1. The van der Waals surface area contributed by atoms with Gasteiger partial charge in [0.2, 0.25) is 11.8 Å². The van der Waals surface area contributed by atoms with Crippen LogP contribution in [0.3, 0.4) is 0 Å². The van der Waals surface area contributed by atoms with Crippen molar-refractivity contribution >= 4 is 33.2 Å². The van der Waals surface area contributed by atoms with E-state index in [-0.39, 0.29) is 30.3 Å². The van der Waals surface area contributed by atoms with E-state index >= 15 is 0 Å². The van der Waals surface area contributed by atoms with E-state index < -0.39 is 10.0 Å². The summed E-state index contributed by atoms with van der Waals surface area (Å²) in [7, 11) is -3.44. The fourth-order valence-electron chi connectivity index (χ4n) is 3.86. The van der Waals surface area contributed by atoms with E-state index in [0.717, 1.165) is 0 Å². The lowest BCUT2D eigenvalue weighted by atomic mass is 9.85. The minimum atomic E-state index is -3.44. The molecular weight excluding hydrogens is 374 g/mol. The van der Waals surface area contributed by atoms with Gasteiger partial charge in [0.1, 0.15) is 4.21 Å². The van der Waals surface area contributed by atoms with Crippen molar-refractivity contribution in [3.63, 3.8) is 0 Å². The van der Waals surface area contributed by atoms with Gasteiger partial charge in [0.05, 0.1) is 18.5 Å². The smallest absolute Gasteiger partial charge is 0.252 e. The molecule has 3 aliphatic rings. The lowest BCUT2D eigenvalue weighted by Crippen LogP contribution is -2.52. The molecule has 1 aliphatic carbocycles. The molecule has 0 saturated carbocycles. The number of carbonyl (C=O) groups is 2. The molecule has 3 heterocycles. The van der Waals surface area contributed by atoms with Crippen LogP contribution in [-0.4, -0.2) is 67.2 Å². The molecule has 0 radical (unpaired) electrons. The largest absolute Gasteiger partial charge is 0.283 e. The maximum absolute atomic E-state index is 12.6. The van der Waals surface area contributed by atoms with Crippen LogP contribution in [0.1, 0.15) is 12.8 Å². The van der Waals surface area contributed by atoms with Crippen LogP contribution < -0.4 is 0 Å². The molecule has 2 amide bonds. The number of hydrogen-bond acceptors (Lipinski definition) is 6. The summed E-state index contributed by atoms with van der Waals surface area (Å²) in [5.74, 6) is -0.600. The van der Waals surface area contributed by atoms with Gasteiger partial charge in [-0.15, -0.1) is 11.3 Å². The summed E-state index contributed by atoms with van der Waals surface area (Å²) in [6.45, 7) is 2.01. The molecule has 0 aromatic carbocycles. The Morgan fingerprint density at radius 3 is 2.15 bits per heavy atom. The van der Waals surface area contributed by atoms with E-state index in [2.05, 4.69) is 0 Å². The maximum atomic E-state index is 12.6. The SMILES string of the molecule is O=C1[C@H]2CC=CC[C@@H]2C(=O)N1CN1CCN(S(=O)(=O)c2cccs2)CC1. The van der Waals surface area contributed by atoms with Gasteiger partial charge < -0.3 is 0 Å². The van der Waals surface area contributed by atoms with E-state index in [0.29, 0.717) is 43.2 Å². The molecule has 4 rings (SSSR count). The van der Waals surface area contributed by atoms with Crippen LogP contribution in [0.2, 0.25) is 0 Å². The Kier molecular flexibility index (Phi) is 4.72. The number of likely N-dealkylation sites (tertiary alicyclic amines) is 1. The molecule has 2 atom stereocenters. The third kappa shape index (κ3) is 3.02. The lowest BCUT2D eigenvalue weighted by molar-refractivity contribution is -0.142. The Hall–Kier alpha value is -1.55. The highest BCUT2D eigenvalue weighted by Crippen LogP contribution is 2.35. The molecule has 0 unspecified atom stereocenters. The van der Waals surface area contributed by atoms with Gasteiger partial charge in [-0.2, -0.15) is 4.31 Å². The molecular formula is C17H21N3O4S2. The predicted octanol–water partition coefficient (Wildman–Crippen LogP) is 0.963. The van der Waals surface area contributed by atoms with Gasteiger partial charge in [-0.1, -0.05) is 18.2 Å².